The number of hydrogen-bond donors (Lipinski definition) is 3. The molecule has 0 fully saturated rings. The van der Waals surface area contributed by atoms with Crippen LogP contribution in [-0.4, -0.2) is 18.5 Å². The van der Waals surface area contributed by atoms with E-state index < -0.39 is 0 Å². The minimum Gasteiger partial charge on any atom is -0.338 e. The molecule has 0 heterocycles. The molecule has 1 aromatic rings. The van der Waals surface area contributed by atoms with Crippen LogP contribution >= 0.6 is 0 Å². The van der Waals surface area contributed by atoms with Crippen LogP contribution < -0.4 is 16.0 Å². The molecular formula is C18H29N3O2. The fourth-order valence-electron chi connectivity index (χ4n) is 2.15. The molecule has 0 aliphatic rings. The highest BCUT2D eigenvalue weighted by Crippen LogP contribution is 2.14. The van der Waals surface area contributed by atoms with E-state index in [-0.39, 0.29) is 11.9 Å². The van der Waals surface area contributed by atoms with Crippen LogP contribution in [0, 0.1) is 5.92 Å². The minimum absolute atomic E-state index is 0.00512. The quantitative estimate of drug-likeness (QED) is 0.591. The number of hydrogen-bond acceptors (Lipinski definition) is 2. The van der Waals surface area contributed by atoms with Gasteiger partial charge < -0.3 is 16.0 Å². The maximum atomic E-state index is 11.7. The first-order valence-corrected chi connectivity index (χ1v) is 8.46. The summed E-state index contributed by atoms with van der Waals surface area (Å²) < 4.78 is 0. The monoisotopic (exact) mass is 319 g/mol. The maximum absolute atomic E-state index is 11.7. The van der Waals surface area contributed by atoms with E-state index in [4.69, 9.17) is 0 Å². The molecule has 0 bridgehead atoms. The second-order valence-electron chi connectivity index (χ2n) is 6.17. The Morgan fingerprint density at radius 3 is 2.13 bits per heavy atom. The molecule has 0 unspecified atom stereocenters. The fourth-order valence-corrected chi connectivity index (χ4v) is 2.15. The predicted molar refractivity (Wildman–Crippen MR) is 95.7 cm³/mol. The molecular weight excluding hydrogens is 290 g/mol. The number of benzene rings is 1. The summed E-state index contributed by atoms with van der Waals surface area (Å²) in [7, 11) is 0. The molecule has 0 aliphatic carbocycles. The zero-order valence-corrected chi connectivity index (χ0v) is 14.4. The molecule has 0 atom stereocenters. The van der Waals surface area contributed by atoms with Crippen LogP contribution in [0.1, 0.15) is 52.9 Å². The van der Waals surface area contributed by atoms with Crippen molar-refractivity contribution in [2.24, 2.45) is 5.92 Å². The summed E-state index contributed by atoms with van der Waals surface area (Å²) in [5.41, 5.74) is 1.44. The van der Waals surface area contributed by atoms with Crippen molar-refractivity contribution in [1.82, 2.24) is 5.32 Å². The topological polar surface area (TPSA) is 70.2 Å². The van der Waals surface area contributed by atoms with Crippen molar-refractivity contribution in [3.63, 3.8) is 0 Å². The summed E-state index contributed by atoms with van der Waals surface area (Å²) in [6, 6.07) is 6.94. The molecule has 1 rings (SSSR count). The number of nitrogens with one attached hydrogen (secondary N) is 3. The summed E-state index contributed by atoms with van der Waals surface area (Å²) in [5.74, 6) is 0.336. The van der Waals surface area contributed by atoms with Crippen LogP contribution in [0.25, 0.3) is 0 Å². The van der Waals surface area contributed by atoms with E-state index in [1.807, 2.05) is 13.8 Å². The van der Waals surface area contributed by atoms with Gasteiger partial charge in [-0.1, -0.05) is 40.0 Å². The normalized spacial score (nSPS) is 10.4. The summed E-state index contributed by atoms with van der Waals surface area (Å²) in [6.07, 6.45) is 5.03. The average molecular weight is 319 g/mol. The Kier molecular flexibility index (Phi) is 8.80. The molecule has 0 aromatic heterocycles. The van der Waals surface area contributed by atoms with E-state index in [1.54, 1.807) is 24.3 Å². The first kappa shape index (κ1) is 19.0. The fraction of sp³-hybridized carbons (Fsp3) is 0.556. The van der Waals surface area contributed by atoms with E-state index in [1.165, 1.54) is 12.8 Å². The molecule has 1 aromatic carbocycles. The lowest BCUT2D eigenvalue weighted by Crippen LogP contribution is -2.29. The van der Waals surface area contributed by atoms with E-state index in [0.717, 1.165) is 18.5 Å². The highest BCUT2D eigenvalue weighted by atomic mass is 16.2. The van der Waals surface area contributed by atoms with Crippen molar-refractivity contribution >= 4 is 23.3 Å². The SMILES string of the molecule is CCCCCCNC(=O)Nc1ccc(NC(=O)CC(C)C)cc1. The minimum atomic E-state index is -0.196. The third kappa shape index (κ3) is 8.86. The van der Waals surface area contributed by atoms with Gasteiger partial charge in [0.2, 0.25) is 5.91 Å². The van der Waals surface area contributed by atoms with Gasteiger partial charge >= 0.3 is 6.03 Å². The van der Waals surface area contributed by atoms with Crippen LogP contribution in [-0.2, 0) is 4.79 Å². The summed E-state index contributed by atoms with van der Waals surface area (Å²) in [5, 5.41) is 8.46. The molecule has 23 heavy (non-hydrogen) atoms. The van der Waals surface area contributed by atoms with Crippen molar-refractivity contribution in [2.45, 2.75) is 52.9 Å². The number of rotatable bonds is 9. The third-order valence-electron chi connectivity index (χ3n) is 3.34. The molecule has 3 N–H and O–H groups in total. The van der Waals surface area contributed by atoms with Gasteiger partial charge in [-0.3, -0.25) is 4.79 Å². The Morgan fingerprint density at radius 2 is 1.57 bits per heavy atom. The van der Waals surface area contributed by atoms with E-state index in [0.29, 0.717) is 24.6 Å². The highest BCUT2D eigenvalue weighted by Gasteiger charge is 2.06. The third-order valence-corrected chi connectivity index (χ3v) is 3.34. The summed E-state index contributed by atoms with van der Waals surface area (Å²) >= 11 is 0. The lowest BCUT2D eigenvalue weighted by Gasteiger charge is -2.10. The van der Waals surface area contributed by atoms with Crippen molar-refractivity contribution in [2.75, 3.05) is 17.2 Å². The predicted octanol–water partition coefficient (Wildman–Crippen LogP) is 4.37. The molecule has 0 radical (unpaired) electrons. The van der Waals surface area contributed by atoms with Gasteiger partial charge in [0, 0.05) is 24.3 Å². The molecule has 5 heteroatoms. The molecule has 0 saturated carbocycles. The number of carbonyl (C=O) groups excluding carboxylic acids is 2. The lowest BCUT2D eigenvalue weighted by atomic mass is 10.1. The Hall–Kier alpha value is -2.04. The summed E-state index contributed by atoms with van der Waals surface area (Å²) in [6.45, 7) is 6.87. The largest absolute Gasteiger partial charge is 0.338 e. The maximum Gasteiger partial charge on any atom is 0.319 e. The Balaban J connectivity index is 2.33. The number of urea groups is 1. The molecule has 128 valence electrons. The van der Waals surface area contributed by atoms with Crippen molar-refractivity contribution < 1.29 is 9.59 Å². The van der Waals surface area contributed by atoms with Gasteiger partial charge in [-0.2, -0.15) is 0 Å². The van der Waals surface area contributed by atoms with Crippen LogP contribution in [0.2, 0.25) is 0 Å². The van der Waals surface area contributed by atoms with Crippen LogP contribution in [0.15, 0.2) is 24.3 Å². The summed E-state index contributed by atoms with van der Waals surface area (Å²) in [4.78, 5) is 23.4. The van der Waals surface area contributed by atoms with Crippen molar-refractivity contribution in [3.05, 3.63) is 24.3 Å². The first-order valence-electron chi connectivity index (χ1n) is 8.46. The van der Waals surface area contributed by atoms with Crippen LogP contribution in [0.4, 0.5) is 16.2 Å². The van der Waals surface area contributed by atoms with Gasteiger partial charge in [0.1, 0.15) is 0 Å². The number of amides is 3. The van der Waals surface area contributed by atoms with Gasteiger partial charge in [0.05, 0.1) is 0 Å². The average Bonchev–Trinajstić information content (AvgIpc) is 2.48. The van der Waals surface area contributed by atoms with E-state index >= 15 is 0 Å². The second-order valence-corrected chi connectivity index (χ2v) is 6.17. The van der Waals surface area contributed by atoms with Crippen molar-refractivity contribution in [3.8, 4) is 0 Å². The highest BCUT2D eigenvalue weighted by molar-refractivity contribution is 5.92. The Labute approximate surface area is 139 Å². The first-order chi connectivity index (χ1) is 11.0. The molecule has 0 saturated heterocycles. The lowest BCUT2D eigenvalue weighted by molar-refractivity contribution is -0.116. The van der Waals surface area contributed by atoms with Crippen LogP contribution in [0.3, 0.4) is 0 Å². The zero-order chi connectivity index (χ0) is 17.1. The number of anilines is 2. The van der Waals surface area contributed by atoms with E-state index in [9.17, 15) is 9.59 Å². The van der Waals surface area contributed by atoms with Gasteiger partial charge in [0.15, 0.2) is 0 Å². The van der Waals surface area contributed by atoms with Crippen LogP contribution in [0.5, 0.6) is 0 Å². The van der Waals surface area contributed by atoms with Gasteiger partial charge in [-0.15, -0.1) is 0 Å². The molecule has 0 aliphatic heterocycles. The number of unbranched alkanes of at least 4 members (excludes halogenated alkanes) is 3. The standard InChI is InChI=1S/C18H29N3O2/c1-4-5-6-7-12-19-18(23)21-16-10-8-15(9-11-16)20-17(22)13-14(2)3/h8-11,14H,4-7,12-13H2,1-3H3,(H,20,22)(H2,19,21,23). The van der Waals surface area contributed by atoms with Gasteiger partial charge in [-0.25, -0.2) is 4.79 Å². The molecule has 0 spiro atoms. The Morgan fingerprint density at radius 1 is 0.957 bits per heavy atom. The van der Waals surface area contributed by atoms with Gasteiger partial charge in [-0.05, 0) is 36.6 Å². The zero-order valence-electron chi connectivity index (χ0n) is 14.4. The Bertz CT molecular complexity index is 484. The van der Waals surface area contributed by atoms with E-state index in [2.05, 4.69) is 22.9 Å². The van der Waals surface area contributed by atoms with Gasteiger partial charge in [0.25, 0.3) is 0 Å². The van der Waals surface area contributed by atoms with Crippen molar-refractivity contribution in [1.29, 1.82) is 0 Å². The second kappa shape index (κ2) is 10.6. The molecule has 3 amide bonds. The number of carbonyl (C=O) groups is 2. The molecule has 5 nitrogen and oxygen atoms in total. The smallest absolute Gasteiger partial charge is 0.319 e.